The molecule has 1 heterocycles. The molecule has 2 aliphatic carbocycles. The molecule has 2 saturated carbocycles. The van der Waals surface area contributed by atoms with Crippen molar-refractivity contribution in [1.29, 1.82) is 0 Å². The molecule has 1 atom stereocenters. The van der Waals surface area contributed by atoms with Crippen LogP contribution in [0.25, 0.3) is 0 Å². The Morgan fingerprint density at radius 1 is 1.06 bits per heavy atom. The van der Waals surface area contributed by atoms with Gasteiger partial charge in [0.25, 0.3) is 0 Å². The molecular weight excluding hydrogens is 224 g/mol. The standard InChI is InChI=1S/C15H26N2O/c18-15(16-10-12-7-8-12)11-17-9-3-6-14(17)13-4-1-2-5-13/h12-14H,1-11H2,(H,16,18). The van der Waals surface area contributed by atoms with E-state index >= 15 is 0 Å². The van der Waals surface area contributed by atoms with Gasteiger partial charge in [-0.2, -0.15) is 0 Å². The summed E-state index contributed by atoms with van der Waals surface area (Å²) in [5.41, 5.74) is 0. The minimum absolute atomic E-state index is 0.256. The first-order valence-electron chi connectivity index (χ1n) is 7.83. The summed E-state index contributed by atoms with van der Waals surface area (Å²) in [7, 11) is 0. The van der Waals surface area contributed by atoms with Gasteiger partial charge in [-0.05, 0) is 56.9 Å². The van der Waals surface area contributed by atoms with Crippen molar-refractivity contribution in [3.8, 4) is 0 Å². The second-order valence-corrected chi connectivity index (χ2v) is 6.47. The Morgan fingerprint density at radius 2 is 1.83 bits per heavy atom. The third-order valence-electron chi connectivity index (χ3n) is 4.99. The van der Waals surface area contributed by atoms with E-state index in [-0.39, 0.29) is 5.91 Å². The lowest BCUT2D eigenvalue weighted by atomic mass is 9.96. The first-order valence-corrected chi connectivity index (χ1v) is 7.83. The molecule has 0 aromatic heterocycles. The average molecular weight is 250 g/mol. The Bertz CT molecular complexity index is 295. The first kappa shape index (κ1) is 12.5. The molecule has 18 heavy (non-hydrogen) atoms. The number of likely N-dealkylation sites (tertiary alicyclic amines) is 1. The van der Waals surface area contributed by atoms with Crippen LogP contribution in [0.15, 0.2) is 0 Å². The molecule has 3 heteroatoms. The third kappa shape index (κ3) is 3.05. The summed E-state index contributed by atoms with van der Waals surface area (Å²) < 4.78 is 0. The van der Waals surface area contributed by atoms with Gasteiger partial charge in [0.1, 0.15) is 0 Å². The predicted molar refractivity (Wildman–Crippen MR) is 72.3 cm³/mol. The Morgan fingerprint density at radius 3 is 2.56 bits per heavy atom. The summed E-state index contributed by atoms with van der Waals surface area (Å²) in [5, 5.41) is 3.10. The molecule has 1 saturated heterocycles. The van der Waals surface area contributed by atoms with Gasteiger partial charge < -0.3 is 5.32 Å². The van der Waals surface area contributed by atoms with E-state index < -0.39 is 0 Å². The third-order valence-corrected chi connectivity index (χ3v) is 4.99. The van der Waals surface area contributed by atoms with Gasteiger partial charge in [0.05, 0.1) is 6.54 Å². The van der Waals surface area contributed by atoms with Gasteiger partial charge in [-0.25, -0.2) is 0 Å². The summed E-state index contributed by atoms with van der Waals surface area (Å²) in [4.78, 5) is 14.4. The van der Waals surface area contributed by atoms with Gasteiger partial charge in [0, 0.05) is 12.6 Å². The van der Waals surface area contributed by atoms with Crippen LogP contribution in [0, 0.1) is 11.8 Å². The molecule has 0 aromatic carbocycles. The number of rotatable bonds is 5. The van der Waals surface area contributed by atoms with E-state index in [0.29, 0.717) is 12.6 Å². The lowest BCUT2D eigenvalue weighted by molar-refractivity contribution is -0.122. The van der Waals surface area contributed by atoms with Crippen LogP contribution in [0.5, 0.6) is 0 Å². The molecule has 0 spiro atoms. The molecular formula is C15H26N2O. The molecule has 0 radical (unpaired) electrons. The van der Waals surface area contributed by atoms with Crippen LogP contribution in [0.1, 0.15) is 51.4 Å². The highest BCUT2D eigenvalue weighted by atomic mass is 16.2. The zero-order valence-corrected chi connectivity index (χ0v) is 11.4. The molecule has 0 aromatic rings. The van der Waals surface area contributed by atoms with Gasteiger partial charge in [0.15, 0.2) is 0 Å². The van der Waals surface area contributed by atoms with E-state index in [1.54, 1.807) is 0 Å². The smallest absolute Gasteiger partial charge is 0.234 e. The van der Waals surface area contributed by atoms with Crippen molar-refractivity contribution in [2.75, 3.05) is 19.6 Å². The van der Waals surface area contributed by atoms with Crippen molar-refractivity contribution in [1.82, 2.24) is 10.2 Å². The molecule has 1 N–H and O–H groups in total. The Hall–Kier alpha value is -0.570. The van der Waals surface area contributed by atoms with Crippen LogP contribution >= 0.6 is 0 Å². The number of nitrogens with zero attached hydrogens (tertiary/aromatic N) is 1. The fraction of sp³-hybridized carbons (Fsp3) is 0.933. The van der Waals surface area contributed by atoms with Crippen molar-refractivity contribution in [2.24, 2.45) is 11.8 Å². The second-order valence-electron chi connectivity index (χ2n) is 6.47. The van der Waals surface area contributed by atoms with Crippen LogP contribution in [0.3, 0.4) is 0 Å². The number of amides is 1. The van der Waals surface area contributed by atoms with Crippen molar-refractivity contribution in [2.45, 2.75) is 57.4 Å². The summed E-state index contributed by atoms with van der Waals surface area (Å²) >= 11 is 0. The zero-order chi connectivity index (χ0) is 12.4. The molecule has 0 bridgehead atoms. The SMILES string of the molecule is O=C(CN1CCCC1C1CCCC1)NCC1CC1. The quantitative estimate of drug-likeness (QED) is 0.811. The predicted octanol–water partition coefficient (Wildman–Crippen LogP) is 2.17. The monoisotopic (exact) mass is 250 g/mol. The fourth-order valence-corrected chi connectivity index (χ4v) is 3.74. The van der Waals surface area contributed by atoms with Gasteiger partial charge in [-0.15, -0.1) is 0 Å². The van der Waals surface area contributed by atoms with Crippen molar-refractivity contribution >= 4 is 5.91 Å². The van der Waals surface area contributed by atoms with Crippen LogP contribution in [0.4, 0.5) is 0 Å². The number of carbonyl (C=O) groups excluding carboxylic acids is 1. The van der Waals surface area contributed by atoms with E-state index in [1.165, 1.54) is 51.4 Å². The van der Waals surface area contributed by atoms with E-state index in [4.69, 9.17) is 0 Å². The van der Waals surface area contributed by atoms with Crippen LogP contribution < -0.4 is 5.32 Å². The molecule has 1 aliphatic heterocycles. The summed E-state index contributed by atoms with van der Waals surface area (Å²) in [5.74, 6) is 1.92. The molecule has 1 amide bonds. The van der Waals surface area contributed by atoms with Crippen molar-refractivity contribution < 1.29 is 4.79 Å². The summed E-state index contributed by atoms with van der Waals surface area (Å²) in [6.45, 7) is 2.70. The van der Waals surface area contributed by atoms with E-state index in [1.807, 2.05) is 0 Å². The molecule has 3 nitrogen and oxygen atoms in total. The Labute approximate surface area is 110 Å². The number of carbonyl (C=O) groups is 1. The molecule has 1 unspecified atom stereocenters. The summed E-state index contributed by atoms with van der Waals surface area (Å²) in [6.07, 6.45) is 10.8. The number of nitrogens with one attached hydrogen (secondary N) is 1. The van der Waals surface area contributed by atoms with Crippen molar-refractivity contribution in [3.05, 3.63) is 0 Å². The maximum atomic E-state index is 11.9. The first-order chi connectivity index (χ1) is 8.83. The van der Waals surface area contributed by atoms with E-state index in [9.17, 15) is 4.79 Å². The Kier molecular flexibility index (Phi) is 3.88. The van der Waals surface area contributed by atoms with Crippen LogP contribution in [-0.4, -0.2) is 36.5 Å². The van der Waals surface area contributed by atoms with E-state index in [0.717, 1.165) is 24.9 Å². The Balaban J connectivity index is 1.45. The number of hydrogen-bond donors (Lipinski definition) is 1. The maximum Gasteiger partial charge on any atom is 0.234 e. The van der Waals surface area contributed by atoms with Crippen LogP contribution in [-0.2, 0) is 4.79 Å². The molecule has 3 fully saturated rings. The van der Waals surface area contributed by atoms with Crippen LogP contribution in [0.2, 0.25) is 0 Å². The topological polar surface area (TPSA) is 32.3 Å². The van der Waals surface area contributed by atoms with Gasteiger partial charge in [-0.1, -0.05) is 12.8 Å². The molecule has 3 aliphatic rings. The highest BCUT2D eigenvalue weighted by Gasteiger charge is 2.34. The minimum atomic E-state index is 0.256. The minimum Gasteiger partial charge on any atom is -0.355 e. The summed E-state index contributed by atoms with van der Waals surface area (Å²) in [6, 6.07) is 0.708. The largest absolute Gasteiger partial charge is 0.355 e. The van der Waals surface area contributed by atoms with Gasteiger partial charge >= 0.3 is 0 Å². The zero-order valence-electron chi connectivity index (χ0n) is 11.4. The highest BCUT2D eigenvalue weighted by molar-refractivity contribution is 5.78. The maximum absolute atomic E-state index is 11.9. The average Bonchev–Trinajstić information content (AvgIpc) is 2.85. The van der Waals surface area contributed by atoms with Gasteiger partial charge in [-0.3, -0.25) is 9.69 Å². The van der Waals surface area contributed by atoms with Gasteiger partial charge in [0.2, 0.25) is 5.91 Å². The normalized spacial score (nSPS) is 29.9. The lowest BCUT2D eigenvalue weighted by Gasteiger charge is -2.28. The lowest BCUT2D eigenvalue weighted by Crippen LogP contribution is -2.42. The fourth-order valence-electron chi connectivity index (χ4n) is 3.74. The van der Waals surface area contributed by atoms with Crippen molar-refractivity contribution in [3.63, 3.8) is 0 Å². The second kappa shape index (κ2) is 5.60. The number of hydrogen-bond acceptors (Lipinski definition) is 2. The molecule has 3 rings (SSSR count). The highest BCUT2D eigenvalue weighted by Crippen LogP contribution is 2.35. The molecule has 102 valence electrons. The van der Waals surface area contributed by atoms with E-state index in [2.05, 4.69) is 10.2 Å².